The summed E-state index contributed by atoms with van der Waals surface area (Å²) in [6.07, 6.45) is -2.77. The number of phenolic OH excluding ortho intramolecular Hbond substituents is 1. The van der Waals surface area contributed by atoms with Crippen LogP contribution in [0.5, 0.6) is 5.75 Å². The van der Waals surface area contributed by atoms with E-state index >= 15 is 0 Å². The molecule has 0 aliphatic carbocycles. The van der Waals surface area contributed by atoms with E-state index in [0.717, 1.165) is 50.1 Å². The van der Waals surface area contributed by atoms with Crippen LogP contribution in [0.4, 0.5) is 8.78 Å². The van der Waals surface area contributed by atoms with E-state index in [1.807, 2.05) is 42.5 Å². The van der Waals surface area contributed by atoms with Crippen molar-refractivity contribution >= 4 is 79.1 Å². The second kappa shape index (κ2) is 29.5. The minimum Gasteiger partial charge on any atom is -0.508 e. The van der Waals surface area contributed by atoms with E-state index in [0.29, 0.717) is 24.5 Å². The lowest BCUT2D eigenvalue weighted by Gasteiger charge is -2.28. The molecule has 0 bridgehead atoms. The first kappa shape index (κ1) is 60.8. The van der Waals surface area contributed by atoms with Gasteiger partial charge in [0.05, 0.1) is 42.1 Å². The molecule has 5 rings (SSSR count). The van der Waals surface area contributed by atoms with E-state index in [9.17, 15) is 57.4 Å². The van der Waals surface area contributed by atoms with Crippen LogP contribution in [-0.2, 0) is 57.6 Å². The Morgan fingerprint density at radius 1 is 0.711 bits per heavy atom. The first-order valence-corrected chi connectivity index (χ1v) is 28.0. The van der Waals surface area contributed by atoms with E-state index in [1.165, 1.54) is 31.2 Å². The number of aromatic hydroxyl groups is 1. The number of fused-ring (bicyclic) bond motifs is 1. The quantitative estimate of drug-likeness (QED) is 0.0454. The molecule has 0 radical (unpaired) electrons. The largest absolute Gasteiger partial charge is 0.508 e. The third-order valence-electron chi connectivity index (χ3n) is 13.7. The molecule has 4 aromatic rings. The van der Waals surface area contributed by atoms with Crippen LogP contribution in [0.15, 0.2) is 84.9 Å². The molecule has 1 heterocycles. The SMILES string of the molecule is CC(C)[C@@H]1CC(=O)[C@H](CCCCN)NC(=O)[C@@H](Cc2cc(F)cc(F)c2)CC(=O)[C@H](Cc2ccc(O)cc2)NC(=O)[C@@H](CC(=O)[C@H](N)Cc2ccc3ccccc3c2)CSSC[C@@H](C(=O)C[C@H](C(N)=O)C(C)O)NC1=O. The molecular weight excluding hydrogens is 1020 g/mol. The van der Waals surface area contributed by atoms with Crippen molar-refractivity contribution in [1.82, 2.24) is 16.0 Å². The van der Waals surface area contributed by atoms with Gasteiger partial charge in [-0.05, 0) is 110 Å². The molecule has 11 N–H and O–H groups in total. The van der Waals surface area contributed by atoms with Gasteiger partial charge in [0.25, 0.3) is 0 Å². The summed E-state index contributed by atoms with van der Waals surface area (Å²) in [5, 5.41) is 30.7. The van der Waals surface area contributed by atoms with Crippen LogP contribution in [0.1, 0.15) is 82.4 Å². The fourth-order valence-corrected chi connectivity index (χ4v) is 11.6. The molecule has 4 aromatic carbocycles. The maximum atomic E-state index is 14.8. The predicted octanol–water partition coefficient (Wildman–Crippen LogP) is 4.98. The summed E-state index contributed by atoms with van der Waals surface area (Å²) in [5.74, 6) is -13.1. The molecule has 0 spiro atoms. The Morgan fingerprint density at radius 3 is 1.97 bits per heavy atom. The van der Waals surface area contributed by atoms with Crippen molar-refractivity contribution < 1.29 is 57.4 Å². The van der Waals surface area contributed by atoms with Crippen molar-refractivity contribution in [3.63, 3.8) is 0 Å². The number of hydrogen-bond donors (Lipinski definition) is 8. The van der Waals surface area contributed by atoms with Gasteiger partial charge in [-0.1, -0.05) is 90.0 Å². The molecule has 1 fully saturated rings. The summed E-state index contributed by atoms with van der Waals surface area (Å²) in [7, 11) is 2.16. The number of carbonyl (C=O) groups excluding carboxylic acids is 8. The normalized spacial score (nSPS) is 22.0. The third-order valence-corrected chi connectivity index (χ3v) is 16.2. The highest BCUT2D eigenvalue weighted by atomic mass is 33.1. The Labute approximate surface area is 449 Å². The van der Waals surface area contributed by atoms with E-state index in [1.54, 1.807) is 13.8 Å². The van der Waals surface area contributed by atoms with Gasteiger partial charge in [0.1, 0.15) is 17.4 Å². The number of amides is 4. The van der Waals surface area contributed by atoms with Gasteiger partial charge in [-0.15, -0.1) is 0 Å². The summed E-state index contributed by atoms with van der Waals surface area (Å²) >= 11 is 0. The fourth-order valence-electron chi connectivity index (χ4n) is 9.11. The number of rotatable bonds is 19. The molecule has 1 unspecified atom stereocenters. The average Bonchev–Trinajstić information content (AvgIpc) is 3.36. The molecule has 9 atom stereocenters. The van der Waals surface area contributed by atoms with Crippen LogP contribution >= 0.6 is 21.6 Å². The maximum Gasteiger partial charge on any atom is 0.225 e. The average molecular weight is 1090 g/mol. The molecule has 1 aliphatic rings. The second-order valence-electron chi connectivity index (χ2n) is 20.1. The standard InChI is InChI=1S/C56H70F2N6O10S2/c1-31(2)43-27-51(69)46(10-6-7-17-59)62-54(72)38(19-35-20-40(57)26-41(58)21-35)24-50(68)47(23-33-12-15-42(66)16-13-33)63-55(73)39(25-49(67)45(60)22-34-11-14-36-8-4-5-9-37(36)18-34)29-75-76-30-48(64-56(43)74)52(70)28-44(32(3)65)53(61)71/h4-5,8-9,11-16,18,20-21,26,31-32,38-39,43-48,65-66H,6-7,10,17,19,22-25,27-30,59-60H2,1-3H3,(H2,61,71)(H,62,72)(H,63,73)(H,64,74)/t32?,38-,39-,43-,44-,45+,46-,47-,48-/m0/s1. The van der Waals surface area contributed by atoms with Gasteiger partial charge >= 0.3 is 0 Å². The lowest BCUT2D eigenvalue weighted by Crippen LogP contribution is -2.50. The summed E-state index contributed by atoms with van der Waals surface area (Å²) in [6.45, 7) is 4.96. The van der Waals surface area contributed by atoms with Crippen molar-refractivity contribution in [2.75, 3.05) is 18.1 Å². The Kier molecular flexibility index (Phi) is 23.6. The number of primary amides is 1. The lowest BCUT2D eigenvalue weighted by molar-refractivity contribution is -0.136. The zero-order valence-electron chi connectivity index (χ0n) is 43.0. The van der Waals surface area contributed by atoms with Crippen molar-refractivity contribution in [3.05, 3.63) is 113 Å². The first-order chi connectivity index (χ1) is 36.1. The first-order valence-electron chi connectivity index (χ1n) is 25.5. The summed E-state index contributed by atoms with van der Waals surface area (Å²) < 4.78 is 29.3. The number of aliphatic hydroxyl groups is 1. The number of hydrogen-bond acceptors (Lipinski definition) is 14. The number of benzene rings is 4. The number of phenols is 1. The Hall–Kier alpha value is -6.06. The van der Waals surface area contributed by atoms with Crippen molar-refractivity contribution in [1.29, 1.82) is 0 Å². The van der Waals surface area contributed by atoms with Gasteiger partial charge in [-0.2, -0.15) is 0 Å². The molecule has 1 aliphatic heterocycles. The van der Waals surface area contributed by atoms with Gasteiger partial charge in [0.2, 0.25) is 23.6 Å². The highest BCUT2D eigenvalue weighted by molar-refractivity contribution is 8.76. The van der Waals surface area contributed by atoms with Crippen LogP contribution < -0.4 is 33.2 Å². The highest BCUT2D eigenvalue weighted by Crippen LogP contribution is 2.30. The minimum absolute atomic E-state index is 0.0226. The molecule has 410 valence electrons. The van der Waals surface area contributed by atoms with Crippen molar-refractivity contribution in [2.45, 2.75) is 115 Å². The van der Waals surface area contributed by atoms with Crippen molar-refractivity contribution in [3.8, 4) is 5.75 Å². The van der Waals surface area contributed by atoms with Crippen molar-refractivity contribution in [2.24, 2.45) is 46.8 Å². The van der Waals surface area contributed by atoms with Gasteiger partial charge in [-0.25, -0.2) is 8.78 Å². The number of ketones is 4. The van der Waals surface area contributed by atoms with Crippen LogP contribution in [-0.4, -0.2) is 105 Å². The zero-order valence-corrected chi connectivity index (χ0v) is 44.6. The Balaban J connectivity index is 1.57. The molecule has 16 nitrogen and oxygen atoms in total. The number of nitrogens with one attached hydrogen (secondary N) is 3. The molecule has 4 amide bonds. The molecular formula is C56H70F2N6O10S2. The molecule has 0 aromatic heterocycles. The summed E-state index contributed by atoms with van der Waals surface area (Å²) in [4.78, 5) is 113. The number of carbonyl (C=O) groups is 8. The topological polar surface area (TPSA) is 291 Å². The summed E-state index contributed by atoms with van der Waals surface area (Å²) in [6, 6.07) is 16.9. The van der Waals surface area contributed by atoms with E-state index in [4.69, 9.17) is 17.2 Å². The minimum atomic E-state index is -1.37. The molecule has 20 heteroatoms. The Bertz CT molecular complexity index is 2670. The zero-order chi connectivity index (χ0) is 55.6. The van der Waals surface area contributed by atoms with Gasteiger partial charge in [0, 0.05) is 55.1 Å². The van der Waals surface area contributed by atoms with Crippen LogP contribution in [0, 0.1) is 41.2 Å². The predicted molar refractivity (Wildman–Crippen MR) is 289 cm³/mol. The highest BCUT2D eigenvalue weighted by Gasteiger charge is 2.37. The van der Waals surface area contributed by atoms with Crippen LogP contribution in [0.25, 0.3) is 10.8 Å². The number of nitrogens with two attached hydrogens (primary N) is 3. The monoisotopic (exact) mass is 1090 g/mol. The van der Waals surface area contributed by atoms with Crippen LogP contribution in [0.3, 0.4) is 0 Å². The van der Waals surface area contributed by atoms with E-state index in [-0.39, 0.29) is 55.0 Å². The number of halogens is 2. The summed E-state index contributed by atoms with van der Waals surface area (Å²) in [5.41, 5.74) is 19.2. The maximum absolute atomic E-state index is 14.8. The number of Topliss-reactive ketones (excluding diaryl/α,β-unsaturated/α-hetero) is 4. The van der Waals surface area contributed by atoms with Crippen LogP contribution in [0.2, 0.25) is 0 Å². The number of aliphatic hydroxyl groups excluding tert-OH is 1. The Morgan fingerprint density at radius 2 is 1.33 bits per heavy atom. The fraction of sp³-hybridized carbons (Fsp3) is 0.464. The molecule has 76 heavy (non-hydrogen) atoms. The van der Waals surface area contributed by atoms with E-state index < -0.39 is 144 Å². The second-order valence-corrected chi connectivity index (χ2v) is 22.6. The molecule has 0 saturated carbocycles. The number of unbranched alkanes of at least 4 members (excludes halogenated alkanes) is 1. The molecule has 1 saturated heterocycles. The lowest BCUT2D eigenvalue weighted by atomic mass is 9.86. The third kappa shape index (κ3) is 18.6. The van der Waals surface area contributed by atoms with Gasteiger partial charge in [-0.3, -0.25) is 38.4 Å². The van der Waals surface area contributed by atoms with Gasteiger partial charge < -0.3 is 43.4 Å². The van der Waals surface area contributed by atoms with E-state index in [2.05, 4.69) is 16.0 Å². The van der Waals surface area contributed by atoms with Gasteiger partial charge in [0.15, 0.2) is 23.1 Å². The smallest absolute Gasteiger partial charge is 0.225 e.